The van der Waals surface area contributed by atoms with Crippen LogP contribution in [-0.2, 0) is 4.74 Å². The predicted molar refractivity (Wildman–Crippen MR) is 82.7 cm³/mol. The third-order valence-corrected chi connectivity index (χ3v) is 5.37. The molecule has 1 unspecified atom stereocenters. The van der Waals surface area contributed by atoms with Crippen molar-refractivity contribution in [3.63, 3.8) is 0 Å². The van der Waals surface area contributed by atoms with E-state index in [0.29, 0.717) is 11.5 Å². The molecule has 2 nitrogen and oxygen atoms in total. The Kier molecular flexibility index (Phi) is 4.70. The third kappa shape index (κ3) is 3.21. The quantitative estimate of drug-likeness (QED) is 0.864. The first kappa shape index (κ1) is 15.0. The Morgan fingerprint density at radius 2 is 2.00 bits per heavy atom. The van der Waals surface area contributed by atoms with Crippen LogP contribution in [0.1, 0.15) is 58.1 Å². The summed E-state index contributed by atoms with van der Waals surface area (Å²) >= 11 is 1.77. The van der Waals surface area contributed by atoms with Gasteiger partial charge in [-0.2, -0.15) is 11.3 Å². The molecule has 0 aliphatic heterocycles. The molecule has 0 radical (unpaired) electrons. The first-order valence-electron chi connectivity index (χ1n) is 7.34. The molecule has 0 aromatic carbocycles. The second-order valence-electron chi connectivity index (χ2n) is 6.48. The molecule has 1 saturated carbocycles. The van der Waals surface area contributed by atoms with E-state index in [1.807, 2.05) is 7.11 Å². The molecule has 0 bridgehead atoms. The van der Waals surface area contributed by atoms with Gasteiger partial charge in [0.05, 0.1) is 11.6 Å². The minimum absolute atomic E-state index is 0.0351. The third-order valence-electron chi connectivity index (χ3n) is 4.67. The van der Waals surface area contributed by atoms with Gasteiger partial charge >= 0.3 is 0 Å². The highest BCUT2D eigenvalue weighted by atomic mass is 32.1. The summed E-state index contributed by atoms with van der Waals surface area (Å²) in [7, 11) is 1.88. The van der Waals surface area contributed by atoms with Crippen molar-refractivity contribution in [3.8, 4) is 0 Å². The fraction of sp³-hybridized carbons (Fsp3) is 0.750. The fourth-order valence-electron chi connectivity index (χ4n) is 3.21. The number of rotatable bonds is 5. The van der Waals surface area contributed by atoms with E-state index in [-0.39, 0.29) is 5.60 Å². The molecule has 1 fully saturated rings. The van der Waals surface area contributed by atoms with Gasteiger partial charge in [0, 0.05) is 7.11 Å². The summed E-state index contributed by atoms with van der Waals surface area (Å²) in [6, 6.07) is 2.56. The summed E-state index contributed by atoms with van der Waals surface area (Å²) in [6.45, 7) is 7.91. The van der Waals surface area contributed by atoms with E-state index < -0.39 is 0 Å². The second-order valence-corrected chi connectivity index (χ2v) is 7.26. The number of likely N-dealkylation sites (N-methyl/N-ethyl adjacent to an activating group) is 1. The first-order chi connectivity index (χ1) is 9.03. The van der Waals surface area contributed by atoms with Crippen LogP contribution in [0, 0.1) is 5.41 Å². The standard InChI is InChI=1S/C16H27NOS/c1-5-17-14(13-6-11-19-12-13)16(18-4)9-7-15(2,3)8-10-16/h6,11-12,14,17H,5,7-10H2,1-4H3. The van der Waals surface area contributed by atoms with Crippen LogP contribution in [-0.4, -0.2) is 19.3 Å². The zero-order chi connectivity index (χ0) is 13.9. The fourth-order valence-corrected chi connectivity index (χ4v) is 3.90. The minimum atomic E-state index is -0.0351. The Morgan fingerprint density at radius 1 is 1.32 bits per heavy atom. The highest BCUT2D eigenvalue weighted by Gasteiger charge is 2.44. The highest BCUT2D eigenvalue weighted by Crippen LogP contribution is 2.47. The lowest BCUT2D eigenvalue weighted by Crippen LogP contribution is -2.49. The topological polar surface area (TPSA) is 21.3 Å². The Hall–Kier alpha value is -0.380. The molecule has 19 heavy (non-hydrogen) atoms. The Morgan fingerprint density at radius 3 is 2.47 bits per heavy atom. The number of hydrogen-bond acceptors (Lipinski definition) is 3. The van der Waals surface area contributed by atoms with E-state index in [9.17, 15) is 0 Å². The average molecular weight is 281 g/mol. The molecule has 1 aromatic rings. The molecule has 108 valence electrons. The van der Waals surface area contributed by atoms with Gasteiger partial charge in [-0.3, -0.25) is 0 Å². The van der Waals surface area contributed by atoms with Gasteiger partial charge in [0.2, 0.25) is 0 Å². The van der Waals surface area contributed by atoms with Crippen molar-refractivity contribution in [2.45, 2.75) is 58.1 Å². The second kappa shape index (κ2) is 5.94. The maximum Gasteiger partial charge on any atom is 0.0873 e. The average Bonchev–Trinajstić information content (AvgIpc) is 2.91. The number of thiophene rings is 1. The number of hydrogen-bond donors (Lipinski definition) is 1. The summed E-state index contributed by atoms with van der Waals surface area (Å²) < 4.78 is 6.05. The lowest BCUT2D eigenvalue weighted by Gasteiger charge is -2.47. The Bertz CT molecular complexity index is 375. The highest BCUT2D eigenvalue weighted by molar-refractivity contribution is 7.07. The van der Waals surface area contributed by atoms with Crippen LogP contribution >= 0.6 is 11.3 Å². The molecule has 3 heteroatoms. The summed E-state index contributed by atoms with van der Waals surface area (Å²) in [4.78, 5) is 0. The number of ether oxygens (including phenoxy) is 1. The summed E-state index contributed by atoms with van der Waals surface area (Å²) in [6.07, 6.45) is 4.77. The van der Waals surface area contributed by atoms with Gasteiger partial charge in [-0.1, -0.05) is 20.8 Å². The largest absolute Gasteiger partial charge is 0.376 e. The van der Waals surface area contributed by atoms with Crippen molar-refractivity contribution in [1.82, 2.24) is 5.32 Å². The molecule has 1 aliphatic carbocycles. The first-order valence-corrected chi connectivity index (χ1v) is 8.28. The molecular weight excluding hydrogens is 254 g/mol. The normalized spacial score (nSPS) is 23.2. The van der Waals surface area contributed by atoms with Crippen molar-refractivity contribution in [3.05, 3.63) is 22.4 Å². The molecule has 0 spiro atoms. The molecule has 0 saturated heterocycles. The SMILES string of the molecule is CCNC(c1ccsc1)C1(OC)CCC(C)(C)CC1. The predicted octanol–water partition coefficient (Wildman–Crippen LogP) is 4.38. The smallest absolute Gasteiger partial charge is 0.0873 e. The van der Waals surface area contributed by atoms with Crippen molar-refractivity contribution in [2.24, 2.45) is 5.41 Å². The Balaban J connectivity index is 2.23. The molecule has 1 heterocycles. The molecule has 2 rings (SSSR count). The molecule has 1 atom stereocenters. The van der Waals surface area contributed by atoms with Gasteiger partial charge in [0.15, 0.2) is 0 Å². The van der Waals surface area contributed by atoms with Crippen molar-refractivity contribution in [2.75, 3.05) is 13.7 Å². The summed E-state index contributed by atoms with van der Waals surface area (Å²) in [5.74, 6) is 0. The zero-order valence-corrected chi connectivity index (χ0v) is 13.5. The monoisotopic (exact) mass is 281 g/mol. The van der Waals surface area contributed by atoms with Crippen molar-refractivity contribution in [1.29, 1.82) is 0 Å². The maximum absolute atomic E-state index is 6.05. The van der Waals surface area contributed by atoms with E-state index >= 15 is 0 Å². The van der Waals surface area contributed by atoms with E-state index in [4.69, 9.17) is 4.74 Å². The van der Waals surface area contributed by atoms with Crippen molar-refractivity contribution < 1.29 is 4.74 Å². The van der Waals surface area contributed by atoms with Crippen molar-refractivity contribution >= 4 is 11.3 Å². The molecule has 1 aromatic heterocycles. The van der Waals surface area contributed by atoms with E-state index in [0.717, 1.165) is 19.4 Å². The van der Waals surface area contributed by atoms with Crippen LogP contribution in [0.2, 0.25) is 0 Å². The molecule has 1 N–H and O–H groups in total. The van der Waals surface area contributed by atoms with E-state index in [1.165, 1.54) is 18.4 Å². The Labute approximate surface area is 121 Å². The van der Waals surface area contributed by atoms with Crippen LogP contribution < -0.4 is 5.32 Å². The van der Waals surface area contributed by atoms with Gasteiger partial charge in [-0.15, -0.1) is 0 Å². The van der Waals surface area contributed by atoms with Crippen LogP contribution in [0.3, 0.4) is 0 Å². The van der Waals surface area contributed by atoms with E-state index in [2.05, 4.69) is 42.9 Å². The van der Waals surface area contributed by atoms with Gasteiger partial charge < -0.3 is 10.1 Å². The molecular formula is C16H27NOS. The van der Waals surface area contributed by atoms with Gasteiger partial charge in [-0.05, 0) is 60.0 Å². The van der Waals surface area contributed by atoms with Crippen LogP contribution in [0.5, 0.6) is 0 Å². The van der Waals surface area contributed by atoms with Gasteiger partial charge in [0.1, 0.15) is 0 Å². The number of nitrogens with one attached hydrogen (secondary N) is 1. The maximum atomic E-state index is 6.05. The molecule has 0 amide bonds. The number of methoxy groups -OCH3 is 1. The van der Waals surface area contributed by atoms with Gasteiger partial charge in [0.25, 0.3) is 0 Å². The lowest BCUT2D eigenvalue weighted by atomic mass is 9.67. The zero-order valence-electron chi connectivity index (χ0n) is 12.7. The van der Waals surface area contributed by atoms with Gasteiger partial charge in [-0.25, -0.2) is 0 Å². The lowest BCUT2D eigenvalue weighted by molar-refractivity contribution is -0.0872. The van der Waals surface area contributed by atoms with Crippen LogP contribution in [0.25, 0.3) is 0 Å². The minimum Gasteiger partial charge on any atom is -0.376 e. The van der Waals surface area contributed by atoms with E-state index in [1.54, 1.807) is 11.3 Å². The van der Waals surface area contributed by atoms with Crippen LogP contribution in [0.15, 0.2) is 16.8 Å². The molecule has 1 aliphatic rings. The summed E-state index contributed by atoms with van der Waals surface area (Å²) in [5.41, 5.74) is 1.81. The summed E-state index contributed by atoms with van der Waals surface area (Å²) in [5, 5.41) is 8.08. The van der Waals surface area contributed by atoms with Crippen LogP contribution in [0.4, 0.5) is 0 Å².